The van der Waals surface area contributed by atoms with Gasteiger partial charge in [0.1, 0.15) is 11.6 Å². The predicted molar refractivity (Wildman–Crippen MR) is 89.9 cm³/mol. The number of anilines is 1. The van der Waals surface area contributed by atoms with Gasteiger partial charge in [-0.3, -0.25) is 4.79 Å². The van der Waals surface area contributed by atoms with Gasteiger partial charge in [0.05, 0.1) is 6.42 Å². The highest BCUT2D eigenvalue weighted by Gasteiger charge is 2.41. The number of fused-ring (bicyclic) bond motifs is 1. The molecule has 0 saturated carbocycles. The molecule has 0 bridgehead atoms. The third kappa shape index (κ3) is 2.80. The van der Waals surface area contributed by atoms with Crippen LogP contribution in [-0.4, -0.2) is 60.1 Å². The summed E-state index contributed by atoms with van der Waals surface area (Å²) >= 11 is 0. The van der Waals surface area contributed by atoms with E-state index in [1.54, 1.807) is 0 Å². The molecule has 24 heavy (non-hydrogen) atoms. The summed E-state index contributed by atoms with van der Waals surface area (Å²) in [4.78, 5) is 20.7. The lowest BCUT2D eigenvalue weighted by Crippen LogP contribution is -2.51. The summed E-state index contributed by atoms with van der Waals surface area (Å²) in [6.07, 6.45) is 1.85. The normalized spacial score (nSPS) is 25.0. The van der Waals surface area contributed by atoms with E-state index < -0.39 is 15.6 Å². The van der Waals surface area contributed by atoms with Gasteiger partial charge in [0.2, 0.25) is 5.91 Å². The monoisotopic (exact) mass is 353 g/mol. The van der Waals surface area contributed by atoms with Crippen LogP contribution in [0.5, 0.6) is 0 Å². The van der Waals surface area contributed by atoms with Gasteiger partial charge in [-0.25, -0.2) is 9.97 Å². The minimum atomic E-state index is -3.47. The Morgan fingerprint density at radius 2 is 2.00 bits per heavy atom. The van der Waals surface area contributed by atoms with Crippen LogP contribution in [-0.2, 0) is 26.8 Å². The molecule has 0 radical (unpaired) electrons. The number of nitrogens with zero attached hydrogens (tertiary/aromatic N) is 4. The predicted octanol–water partition coefficient (Wildman–Crippen LogP) is 0.440. The van der Waals surface area contributed by atoms with Crippen molar-refractivity contribution in [2.75, 3.05) is 32.5 Å². The van der Waals surface area contributed by atoms with Gasteiger partial charge in [-0.05, 0) is 19.8 Å². The van der Waals surface area contributed by atoms with E-state index in [2.05, 4.69) is 15.3 Å². The molecule has 2 aliphatic rings. The molecular weight excluding hydrogens is 330 g/mol. The van der Waals surface area contributed by atoms with Crippen molar-refractivity contribution < 1.29 is 13.2 Å². The van der Waals surface area contributed by atoms with Crippen molar-refractivity contribution >= 4 is 21.9 Å². The van der Waals surface area contributed by atoms with Crippen molar-refractivity contribution in [2.45, 2.75) is 38.5 Å². The minimum absolute atomic E-state index is 0.0786. The number of carbonyl (C=O) groups excluding carboxylic acids is 1. The van der Waals surface area contributed by atoms with Gasteiger partial charge in [0.25, 0.3) is 10.2 Å². The molecule has 0 aromatic carbocycles. The fourth-order valence-corrected chi connectivity index (χ4v) is 4.59. The molecule has 1 amide bonds. The van der Waals surface area contributed by atoms with Crippen molar-refractivity contribution in [1.82, 2.24) is 18.6 Å². The van der Waals surface area contributed by atoms with Crippen molar-refractivity contribution in [3.63, 3.8) is 0 Å². The first kappa shape index (κ1) is 17.2. The lowest BCUT2D eigenvalue weighted by Gasteiger charge is -2.39. The number of aromatic nitrogens is 2. The number of carbonyl (C=O) groups is 1. The maximum Gasteiger partial charge on any atom is 0.281 e. The minimum Gasteiger partial charge on any atom is -0.310 e. The summed E-state index contributed by atoms with van der Waals surface area (Å²) in [5.41, 5.74) is 1.14. The number of aryl methyl sites for hydroxylation is 1. The zero-order valence-electron chi connectivity index (χ0n) is 14.5. The number of hydrogen-bond acceptors (Lipinski definition) is 5. The topological polar surface area (TPSA) is 95.5 Å². The van der Waals surface area contributed by atoms with Crippen LogP contribution in [0.1, 0.15) is 36.8 Å². The third-order valence-corrected chi connectivity index (χ3v) is 6.69. The Morgan fingerprint density at radius 1 is 1.29 bits per heavy atom. The first-order valence-electron chi connectivity index (χ1n) is 7.99. The molecule has 3 heterocycles. The summed E-state index contributed by atoms with van der Waals surface area (Å²) in [6, 6.07) is 0. The summed E-state index contributed by atoms with van der Waals surface area (Å²) in [7, 11) is -0.399. The maximum atomic E-state index is 12.5. The second kappa shape index (κ2) is 5.75. The number of rotatable bonds is 3. The Balaban J connectivity index is 1.96. The molecule has 1 aromatic heterocycles. The number of piperidine rings is 1. The number of nitrogens with one attached hydrogen (secondary N) is 1. The Kier molecular flexibility index (Phi) is 4.13. The van der Waals surface area contributed by atoms with Crippen molar-refractivity contribution in [1.29, 1.82) is 0 Å². The Labute approximate surface area is 142 Å². The zero-order chi connectivity index (χ0) is 17.7. The van der Waals surface area contributed by atoms with E-state index in [1.165, 1.54) is 22.7 Å². The van der Waals surface area contributed by atoms with Crippen molar-refractivity contribution in [3.05, 3.63) is 17.1 Å². The maximum absolute atomic E-state index is 12.5. The summed E-state index contributed by atoms with van der Waals surface area (Å²) in [5, 5.41) is 2.76. The second-order valence-electron chi connectivity index (χ2n) is 6.97. The van der Waals surface area contributed by atoms with Crippen molar-refractivity contribution in [2.24, 2.45) is 0 Å². The van der Waals surface area contributed by atoms with Gasteiger partial charge in [-0.2, -0.15) is 17.0 Å². The summed E-state index contributed by atoms with van der Waals surface area (Å²) < 4.78 is 27.6. The largest absolute Gasteiger partial charge is 0.310 e. The van der Waals surface area contributed by atoms with Crippen LogP contribution in [0.4, 0.5) is 5.82 Å². The molecule has 1 unspecified atom stereocenters. The fourth-order valence-electron chi connectivity index (χ4n) is 3.32. The van der Waals surface area contributed by atoms with E-state index >= 15 is 0 Å². The molecule has 8 nitrogen and oxygen atoms in total. The van der Waals surface area contributed by atoms with Crippen LogP contribution in [0.15, 0.2) is 0 Å². The first-order valence-corrected chi connectivity index (χ1v) is 9.39. The van der Waals surface area contributed by atoms with E-state index in [-0.39, 0.29) is 5.91 Å². The molecular formula is C15H23N5O3S. The Hall–Kier alpha value is -1.58. The summed E-state index contributed by atoms with van der Waals surface area (Å²) in [6.45, 7) is 4.68. The molecule has 1 atom stereocenters. The molecule has 3 rings (SSSR count). The number of hydrogen-bond donors (Lipinski definition) is 1. The molecule has 132 valence electrons. The molecule has 1 fully saturated rings. The van der Waals surface area contributed by atoms with Crippen LogP contribution in [0.25, 0.3) is 0 Å². The van der Waals surface area contributed by atoms with Crippen LogP contribution < -0.4 is 5.32 Å². The quantitative estimate of drug-likeness (QED) is 0.851. The van der Waals surface area contributed by atoms with Crippen LogP contribution in [0.3, 0.4) is 0 Å². The second-order valence-corrected chi connectivity index (χ2v) is 9.12. The van der Waals surface area contributed by atoms with E-state index in [4.69, 9.17) is 0 Å². The van der Waals surface area contributed by atoms with Crippen LogP contribution in [0, 0.1) is 6.92 Å². The van der Waals surface area contributed by atoms with Crippen LogP contribution >= 0.6 is 0 Å². The van der Waals surface area contributed by atoms with Gasteiger partial charge >= 0.3 is 0 Å². The molecule has 0 spiro atoms. The first-order chi connectivity index (χ1) is 11.1. The van der Waals surface area contributed by atoms with Gasteiger partial charge in [-0.1, -0.05) is 6.92 Å². The summed E-state index contributed by atoms with van der Waals surface area (Å²) in [5.74, 6) is 1.08. The Morgan fingerprint density at radius 3 is 2.67 bits per heavy atom. The third-order valence-electron chi connectivity index (χ3n) is 4.80. The molecule has 0 aliphatic carbocycles. The van der Waals surface area contributed by atoms with E-state index in [9.17, 15) is 13.2 Å². The Bertz CT molecular complexity index is 793. The highest BCUT2D eigenvalue weighted by atomic mass is 32.2. The highest BCUT2D eigenvalue weighted by Crippen LogP contribution is 2.35. The molecule has 9 heteroatoms. The molecule has 1 aromatic rings. The van der Waals surface area contributed by atoms with Gasteiger partial charge < -0.3 is 5.32 Å². The zero-order valence-corrected chi connectivity index (χ0v) is 15.3. The SMILES string of the molecule is Cc1nc(C2(C)CCCN(S(=O)(=O)N(C)C)C2)nc2c1CC(=O)N2. The number of amides is 1. The molecule has 2 aliphatic heterocycles. The molecule has 1 N–H and O–H groups in total. The van der Waals surface area contributed by atoms with Crippen molar-refractivity contribution in [3.8, 4) is 0 Å². The standard InChI is InChI=1S/C15H23N5O3S/c1-10-11-8-12(21)17-13(11)18-14(16-10)15(2)6-5-7-20(9-15)24(22,23)19(3)4/h5-9H2,1-4H3,(H,16,17,18,21). The van der Waals surface area contributed by atoms with E-state index in [1.807, 2.05) is 13.8 Å². The lowest BCUT2D eigenvalue weighted by molar-refractivity contribution is -0.115. The molecule has 1 saturated heterocycles. The van der Waals surface area contributed by atoms with E-state index in [0.29, 0.717) is 31.2 Å². The van der Waals surface area contributed by atoms with Gasteiger partial charge in [-0.15, -0.1) is 0 Å². The van der Waals surface area contributed by atoms with Crippen LogP contribution in [0.2, 0.25) is 0 Å². The average Bonchev–Trinajstić information content (AvgIpc) is 2.88. The highest BCUT2D eigenvalue weighted by molar-refractivity contribution is 7.86. The van der Waals surface area contributed by atoms with Gasteiger partial charge in [0, 0.05) is 43.9 Å². The van der Waals surface area contributed by atoms with Gasteiger partial charge in [0.15, 0.2) is 0 Å². The van der Waals surface area contributed by atoms with E-state index in [0.717, 1.165) is 24.1 Å². The smallest absolute Gasteiger partial charge is 0.281 e. The fraction of sp³-hybridized carbons (Fsp3) is 0.667. The average molecular weight is 353 g/mol. The lowest BCUT2D eigenvalue weighted by atomic mass is 9.81.